The van der Waals surface area contributed by atoms with Gasteiger partial charge >= 0.3 is 0 Å². The highest BCUT2D eigenvalue weighted by Gasteiger charge is 2.20. The summed E-state index contributed by atoms with van der Waals surface area (Å²) in [6.45, 7) is 0. The van der Waals surface area contributed by atoms with Crippen LogP contribution in [-0.4, -0.2) is 29.5 Å². The minimum absolute atomic E-state index is 0.577. The summed E-state index contributed by atoms with van der Waals surface area (Å²) in [6.07, 6.45) is 3.64. The molecule has 0 fully saturated rings. The maximum Gasteiger partial charge on any atom is 0.164 e. The van der Waals surface area contributed by atoms with E-state index in [4.69, 9.17) is 29.3 Å². The van der Waals surface area contributed by atoms with Crippen LogP contribution in [0.3, 0.4) is 0 Å². The molecule has 7 heteroatoms. The van der Waals surface area contributed by atoms with Crippen molar-refractivity contribution >= 4 is 43.7 Å². The summed E-state index contributed by atoms with van der Waals surface area (Å²) in [6, 6.07) is 48.9. The van der Waals surface area contributed by atoms with Gasteiger partial charge in [0.2, 0.25) is 0 Å². The van der Waals surface area contributed by atoms with Crippen LogP contribution in [0.25, 0.3) is 95.0 Å². The summed E-state index contributed by atoms with van der Waals surface area (Å²) in [4.78, 5) is 24.4. The number of benzene rings is 5. The van der Waals surface area contributed by atoms with Crippen molar-refractivity contribution in [2.24, 2.45) is 0 Å². The molecule has 0 saturated carbocycles. The van der Waals surface area contributed by atoms with Crippen LogP contribution in [0, 0.1) is 0 Å². The van der Waals surface area contributed by atoms with Gasteiger partial charge < -0.3 is 4.42 Å². The highest BCUT2D eigenvalue weighted by Crippen LogP contribution is 2.40. The number of rotatable bonds is 5. The molecule has 10 rings (SSSR count). The van der Waals surface area contributed by atoms with E-state index in [9.17, 15) is 0 Å². The third-order valence-corrected chi connectivity index (χ3v) is 9.16. The van der Waals surface area contributed by atoms with Gasteiger partial charge in [0.25, 0.3) is 0 Å². The number of nitrogens with zero attached hydrogens (tertiary/aromatic N) is 6. The molecule has 0 aliphatic carbocycles. The molecule has 0 atom stereocenters. The number of hydrogen-bond donors (Lipinski definition) is 0. The Bertz CT molecular complexity index is 2820. The van der Waals surface area contributed by atoms with Crippen molar-refractivity contribution in [3.05, 3.63) is 158 Å². The molecular weight excluding hydrogens is 617 g/mol. The molecular formula is C43H26N6O. The minimum atomic E-state index is 0.577. The van der Waals surface area contributed by atoms with Crippen molar-refractivity contribution in [1.29, 1.82) is 0 Å². The SMILES string of the molecule is c1ccc(-c2nc(-c3ccccc3)nc(-c3ccnc(-c4ccnc(-n5c6cccc7oc8ccccc8c8cccc5c8c76)c4)c3)n2)cc1. The van der Waals surface area contributed by atoms with Gasteiger partial charge in [0.05, 0.1) is 22.1 Å². The Kier molecular flexibility index (Phi) is 6.35. The Labute approximate surface area is 286 Å². The van der Waals surface area contributed by atoms with Gasteiger partial charge in [-0.05, 0) is 53.9 Å². The van der Waals surface area contributed by atoms with Gasteiger partial charge in [-0.2, -0.15) is 0 Å². The lowest BCUT2D eigenvalue weighted by Crippen LogP contribution is -2.01. The fraction of sp³-hybridized carbons (Fsp3) is 0. The van der Waals surface area contributed by atoms with Crippen molar-refractivity contribution < 1.29 is 4.42 Å². The largest absolute Gasteiger partial charge is 0.456 e. The van der Waals surface area contributed by atoms with E-state index in [1.807, 2.05) is 109 Å². The second-order valence-electron chi connectivity index (χ2n) is 12.2. The molecule has 0 aliphatic rings. The standard InChI is InChI=1S/C43H26N6O/c1-3-11-27(12-4-1)41-46-42(28-13-5-2-6-14-28)48-43(47-41)30-22-23-44-33(25-30)29-21-24-45-38(26-29)49-34-17-9-16-32-31-15-7-8-19-36(31)50-37-20-10-18-35(49)40(37)39(32)34/h1-26H. The van der Waals surface area contributed by atoms with E-state index in [1.165, 1.54) is 0 Å². The Morgan fingerprint density at radius 2 is 1.00 bits per heavy atom. The molecule has 5 heterocycles. The predicted molar refractivity (Wildman–Crippen MR) is 199 cm³/mol. The number of para-hydroxylation sites is 1. The molecule has 0 saturated heterocycles. The quantitative estimate of drug-likeness (QED) is 0.186. The summed E-state index contributed by atoms with van der Waals surface area (Å²) in [5.41, 5.74) is 8.17. The van der Waals surface area contributed by atoms with Crippen LogP contribution in [0.1, 0.15) is 0 Å². The normalized spacial score (nSPS) is 11.6. The maximum atomic E-state index is 6.53. The van der Waals surface area contributed by atoms with Crippen LogP contribution in [0.5, 0.6) is 0 Å². The first kappa shape index (κ1) is 28.1. The summed E-state index contributed by atoms with van der Waals surface area (Å²) in [5, 5.41) is 4.42. The Morgan fingerprint density at radius 3 is 1.76 bits per heavy atom. The van der Waals surface area contributed by atoms with Crippen LogP contribution in [0.15, 0.2) is 162 Å². The molecule has 10 aromatic rings. The van der Waals surface area contributed by atoms with Gasteiger partial charge in [0.1, 0.15) is 17.0 Å². The van der Waals surface area contributed by atoms with Gasteiger partial charge in [-0.15, -0.1) is 0 Å². The van der Waals surface area contributed by atoms with Gasteiger partial charge in [0.15, 0.2) is 17.5 Å². The van der Waals surface area contributed by atoms with E-state index >= 15 is 0 Å². The molecule has 5 aromatic carbocycles. The molecule has 0 unspecified atom stereocenters. The van der Waals surface area contributed by atoms with Crippen molar-refractivity contribution in [3.8, 4) is 51.2 Å². The monoisotopic (exact) mass is 642 g/mol. The molecule has 0 spiro atoms. The maximum absolute atomic E-state index is 6.53. The molecule has 0 bridgehead atoms. The van der Waals surface area contributed by atoms with Crippen molar-refractivity contribution in [2.75, 3.05) is 0 Å². The number of aromatic nitrogens is 6. The predicted octanol–water partition coefficient (Wildman–Crippen LogP) is 10.3. The minimum Gasteiger partial charge on any atom is -0.456 e. The topological polar surface area (TPSA) is 82.5 Å². The smallest absolute Gasteiger partial charge is 0.164 e. The Morgan fingerprint density at radius 1 is 0.420 bits per heavy atom. The van der Waals surface area contributed by atoms with Gasteiger partial charge in [-0.1, -0.05) is 97.1 Å². The Balaban J connectivity index is 1.13. The van der Waals surface area contributed by atoms with E-state index in [-0.39, 0.29) is 0 Å². The number of pyridine rings is 2. The van der Waals surface area contributed by atoms with E-state index in [0.29, 0.717) is 17.5 Å². The van der Waals surface area contributed by atoms with Crippen LogP contribution in [0.2, 0.25) is 0 Å². The highest BCUT2D eigenvalue weighted by atomic mass is 16.3. The average molecular weight is 643 g/mol. The molecule has 7 nitrogen and oxygen atoms in total. The molecule has 0 amide bonds. The lowest BCUT2D eigenvalue weighted by atomic mass is 10.1. The zero-order chi connectivity index (χ0) is 33.0. The van der Waals surface area contributed by atoms with Crippen molar-refractivity contribution in [3.63, 3.8) is 0 Å². The molecule has 50 heavy (non-hydrogen) atoms. The first-order chi connectivity index (χ1) is 24.8. The third-order valence-electron chi connectivity index (χ3n) is 9.16. The molecule has 234 valence electrons. The lowest BCUT2D eigenvalue weighted by Gasteiger charge is -2.11. The highest BCUT2D eigenvalue weighted by molar-refractivity contribution is 6.26. The van der Waals surface area contributed by atoms with E-state index in [0.717, 1.165) is 77.5 Å². The van der Waals surface area contributed by atoms with Crippen molar-refractivity contribution in [2.45, 2.75) is 0 Å². The number of fused-ring (bicyclic) bond motifs is 2. The zero-order valence-corrected chi connectivity index (χ0v) is 26.6. The van der Waals surface area contributed by atoms with Crippen LogP contribution < -0.4 is 0 Å². The van der Waals surface area contributed by atoms with Crippen LogP contribution in [0.4, 0.5) is 0 Å². The third kappa shape index (κ3) is 4.56. The first-order valence-electron chi connectivity index (χ1n) is 16.4. The van der Waals surface area contributed by atoms with Crippen molar-refractivity contribution in [1.82, 2.24) is 29.5 Å². The van der Waals surface area contributed by atoms with Crippen LogP contribution in [-0.2, 0) is 0 Å². The van der Waals surface area contributed by atoms with Gasteiger partial charge in [-0.3, -0.25) is 9.55 Å². The van der Waals surface area contributed by atoms with E-state index < -0.39 is 0 Å². The van der Waals surface area contributed by atoms with Gasteiger partial charge in [-0.25, -0.2) is 19.9 Å². The fourth-order valence-electron chi connectivity index (χ4n) is 6.89. The molecule has 0 aliphatic heterocycles. The average Bonchev–Trinajstić information content (AvgIpc) is 3.46. The zero-order valence-electron chi connectivity index (χ0n) is 26.6. The summed E-state index contributed by atoms with van der Waals surface area (Å²) >= 11 is 0. The second-order valence-corrected chi connectivity index (χ2v) is 12.2. The lowest BCUT2D eigenvalue weighted by molar-refractivity contribution is 0.664. The van der Waals surface area contributed by atoms with E-state index in [1.54, 1.807) is 6.20 Å². The van der Waals surface area contributed by atoms with Crippen LogP contribution >= 0.6 is 0 Å². The second kappa shape index (κ2) is 11.3. The fourth-order valence-corrected chi connectivity index (χ4v) is 6.89. The molecule has 0 N–H and O–H groups in total. The molecule has 5 aromatic heterocycles. The Hall–Kier alpha value is -6.99. The summed E-state index contributed by atoms with van der Waals surface area (Å²) in [7, 11) is 0. The number of hydrogen-bond acceptors (Lipinski definition) is 6. The molecule has 0 radical (unpaired) electrons. The first-order valence-corrected chi connectivity index (χ1v) is 16.4. The summed E-state index contributed by atoms with van der Waals surface area (Å²) < 4.78 is 8.75. The van der Waals surface area contributed by atoms with Gasteiger partial charge in [0, 0.05) is 45.4 Å². The summed E-state index contributed by atoms with van der Waals surface area (Å²) in [5.74, 6) is 2.59. The van der Waals surface area contributed by atoms with E-state index in [2.05, 4.69) is 47.0 Å².